The van der Waals surface area contributed by atoms with Gasteiger partial charge in [0.05, 0.1) is 11.1 Å². The van der Waals surface area contributed by atoms with Crippen LogP contribution in [0.15, 0.2) is 18.2 Å². The molecule has 1 saturated carbocycles. The number of carbonyl (C=O) groups is 2. The number of amides is 1. The van der Waals surface area contributed by atoms with Gasteiger partial charge in [-0.15, -0.1) is 0 Å². The van der Waals surface area contributed by atoms with E-state index in [0.717, 1.165) is 25.7 Å². The molecule has 3 rings (SSSR count). The normalized spacial score (nSPS) is 14.2. The van der Waals surface area contributed by atoms with Gasteiger partial charge >= 0.3 is 5.97 Å². The number of hydrogen-bond acceptors (Lipinski definition) is 6. The van der Waals surface area contributed by atoms with Crippen LogP contribution in [0.1, 0.15) is 53.5 Å². The van der Waals surface area contributed by atoms with E-state index in [1.165, 1.54) is 0 Å². The van der Waals surface area contributed by atoms with Gasteiger partial charge in [-0.2, -0.15) is 0 Å². The third-order valence-corrected chi connectivity index (χ3v) is 4.38. The van der Waals surface area contributed by atoms with Crippen molar-refractivity contribution in [1.82, 2.24) is 14.9 Å². The molecule has 7 heteroatoms. The van der Waals surface area contributed by atoms with Crippen LogP contribution in [0.4, 0.5) is 5.95 Å². The maximum absolute atomic E-state index is 12.7. The highest BCUT2D eigenvalue weighted by atomic mass is 16.5. The first-order valence-corrected chi connectivity index (χ1v) is 8.53. The summed E-state index contributed by atoms with van der Waals surface area (Å²) in [5.41, 5.74) is 6.86. The van der Waals surface area contributed by atoms with E-state index < -0.39 is 0 Å². The second-order valence-electron chi connectivity index (χ2n) is 6.35. The summed E-state index contributed by atoms with van der Waals surface area (Å²) in [5, 5.41) is 0.505. The maximum Gasteiger partial charge on any atom is 0.338 e. The molecule has 2 aromatic rings. The molecule has 1 heterocycles. The number of fused-ring (bicyclic) bond motifs is 1. The number of nitrogens with two attached hydrogens (primary N) is 1. The number of nitrogens with zero attached hydrogens (tertiary/aromatic N) is 3. The number of ether oxygens (including phenoxy) is 1. The van der Waals surface area contributed by atoms with E-state index in [2.05, 4.69) is 9.97 Å². The predicted molar refractivity (Wildman–Crippen MR) is 94.3 cm³/mol. The van der Waals surface area contributed by atoms with Crippen LogP contribution in [0.25, 0.3) is 10.9 Å². The number of aromatic nitrogens is 2. The molecule has 0 atom stereocenters. The Balaban J connectivity index is 1.98. The summed E-state index contributed by atoms with van der Waals surface area (Å²) in [6.07, 6.45) is 3.74. The van der Waals surface area contributed by atoms with E-state index in [1.54, 1.807) is 30.1 Å². The van der Waals surface area contributed by atoms with E-state index in [4.69, 9.17) is 10.5 Å². The molecule has 7 nitrogen and oxygen atoms in total. The van der Waals surface area contributed by atoms with Crippen molar-refractivity contribution in [3.8, 4) is 0 Å². The molecule has 1 amide bonds. The zero-order valence-corrected chi connectivity index (χ0v) is 14.5. The molecule has 1 fully saturated rings. The van der Waals surface area contributed by atoms with Crippen molar-refractivity contribution in [3.63, 3.8) is 0 Å². The van der Waals surface area contributed by atoms with Crippen LogP contribution in [0.2, 0.25) is 0 Å². The highest BCUT2D eigenvalue weighted by Crippen LogP contribution is 2.25. The van der Waals surface area contributed by atoms with Crippen molar-refractivity contribution in [3.05, 3.63) is 29.5 Å². The number of carbonyl (C=O) groups excluding carboxylic acids is 2. The van der Waals surface area contributed by atoms with Crippen molar-refractivity contribution in [2.45, 2.75) is 38.7 Å². The molecule has 1 aromatic heterocycles. The minimum absolute atomic E-state index is 0.00246. The fourth-order valence-corrected chi connectivity index (χ4v) is 2.76. The van der Waals surface area contributed by atoms with Gasteiger partial charge in [-0.25, -0.2) is 14.8 Å². The van der Waals surface area contributed by atoms with Crippen molar-refractivity contribution in [2.75, 3.05) is 19.3 Å². The monoisotopic (exact) mass is 342 g/mol. The van der Waals surface area contributed by atoms with Crippen molar-refractivity contribution in [2.24, 2.45) is 0 Å². The third kappa shape index (κ3) is 3.55. The molecule has 0 spiro atoms. The van der Waals surface area contributed by atoms with Gasteiger partial charge in [0.1, 0.15) is 11.8 Å². The number of hydrogen-bond donors (Lipinski definition) is 1. The van der Waals surface area contributed by atoms with Crippen LogP contribution >= 0.6 is 0 Å². The van der Waals surface area contributed by atoms with Crippen LogP contribution in [0.3, 0.4) is 0 Å². The Morgan fingerprint density at radius 3 is 2.72 bits per heavy atom. The van der Waals surface area contributed by atoms with Gasteiger partial charge in [0.15, 0.2) is 0 Å². The van der Waals surface area contributed by atoms with Crippen molar-refractivity contribution < 1.29 is 14.3 Å². The maximum atomic E-state index is 12.7. The number of esters is 1. The molecule has 0 saturated heterocycles. The van der Waals surface area contributed by atoms with Gasteiger partial charge in [-0.1, -0.05) is 6.92 Å². The topological polar surface area (TPSA) is 98.4 Å². The molecule has 1 aromatic carbocycles. The molecule has 1 aliphatic carbocycles. The second kappa shape index (κ2) is 7.04. The Labute approximate surface area is 146 Å². The number of nitrogen functional groups attached to an aromatic ring is 1. The first-order valence-electron chi connectivity index (χ1n) is 8.53. The minimum Gasteiger partial charge on any atom is -0.459 e. The molecule has 0 aliphatic heterocycles. The summed E-state index contributed by atoms with van der Waals surface area (Å²) in [4.78, 5) is 34.8. The average Bonchev–Trinajstić information content (AvgIpc) is 2.56. The summed E-state index contributed by atoms with van der Waals surface area (Å²) in [6.45, 7) is 2.60. The Kier molecular flexibility index (Phi) is 4.83. The zero-order chi connectivity index (χ0) is 18.0. The van der Waals surface area contributed by atoms with Gasteiger partial charge in [0.2, 0.25) is 5.95 Å². The van der Waals surface area contributed by atoms with Crippen molar-refractivity contribution in [1.29, 1.82) is 0 Å². The lowest BCUT2D eigenvalue weighted by atomic mass is 9.96. The fourth-order valence-electron chi connectivity index (χ4n) is 2.76. The van der Waals surface area contributed by atoms with Gasteiger partial charge in [-0.05, 0) is 43.9 Å². The zero-order valence-electron chi connectivity index (χ0n) is 14.5. The molecule has 25 heavy (non-hydrogen) atoms. The van der Waals surface area contributed by atoms with E-state index in [-0.39, 0.29) is 29.6 Å². The quantitative estimate of drug-likeness (QED) is 0.838. The van der Waals surface area contributed by atoms with Crippen LogP contribution in [-0.4, -0.2) is 46.4 Å². The van der Waals surface area contributed by atoms with E-state index in [0.29, 0.717) is 23.0 Å². The van der Waals surface area contributed by atoms with Crippen LogP contribution in [-0.2, 0) is 4.74 Å². The number of rotatable bonds is 5. The smallest absolute Gasteiger partial charge is 0.338 e. The number of anilines is 1. The summed E-state index contributed by atoms with van der Waals surface area (Å²) >= 11 is 0. The SMILES string of the molecule is CCCN(C)C(=O)c1nc(N)nc2ccc(C(=O)OC3CCC3)cc12. The Morgan fingerprint density at radius 2 is 2.08 bits per heavy atom. The van der Waals surface area contributed by atoms with E-state index in [9.17, 15) is 9.59 Å². The fraction of sp³-hybridized carbons (Fsp3) is 0.444. The molecule has 0 radical (unpaired) electrons. The van der Waals surface area contributed by atoms with Crippen LogP contribution in [0.5, 0.6) is 0 Å². The molecule has 0 bridgehead atoms. The molecular weight excluding hydrogens is 320 g/mol. The van der Waals surface area contributed by atoms with Crippen molar-refractivity contribution >= 4 is 28.7 Å². The Hall–Kier alpha value is -2.70. The van der Waals surface area contributed by atoms with Gasteiger partial charge in [0.25, 0.3) is 5.91 Å². The summed E-state index contributed by atoms with van der Waals surface area (Å²) < 4.78 is 5.43. The van der Waals surface area contributed by atoms with Gasteiger partial charge in [-0.3, -0.25) is 4.79 Å². The highest BCUT2D eigenvalue weighted by molar-refractivity contribution is 6.06. The third-order valence-electron chi connectivity index (χ3n) is 4.38. The van der Waals surface area contributed by atoms with Gasteiger partial charge in [0, 0.05) is 19.0 Å². The molecular formula is C18H22N4O3. The summed E-state index contributed by atoms with van der Waals surface area (Å²) in [6, 6.07) is 4.92. The highest BCUT2D eigenvalue weighted by Gasteiger charge is 2.24. The lowest BCUT2D eigenvalue weighted by Gasteiger charge is -2.25. The van der Waals surface area contributed by atoms with E-state index in [1.807, 2.05) is 6.92 Å². The largest absolute Gasteiger partial charge is 0.459 e. The predicted octanol–water partition coefficient (Wildman–Crippen LogP) is 2.40. The summed E-state index contributed by atoms with van der Waals surface area (Å²) in [7, 11) is 1.71. The van der Waals surface area contributed by atoms with E-state index >= 15 is 0 Å². The van der Waals surface area contributed by atoms with Crippen LogP contribution < -0.4 is 5.73 Å². The Bertz CT molecular complexity index is 817. The van der Waals surface area contributed by atoms with Gasteiger partial charge < -0.3 is 15.4 Å². The standard InChI is InChI=1S/C18H22N4O3/c1-3-9-22(2)16(23)15-13-10-11(17(24)25-12-5-4-6-12)7-8-14(13)20-18(19)21-15/h7-8,10,12H,3-6,9H2,1-2H3,(H2,19,20,21). The Morgan fingerprint density at radius 1 is 1.32 bits per heavy atom. The molecule has 1 aliphatic rings. The summed E-state index contributed by atoms with van der Waals surface area (Å²) in [5.74, 6) is -0.597. The lowest BCUT2D eigenvalue weighted by Crippen LogP contribution is -2.29. The minimum atomic E-state index is -0.385. The molecule has 2 N–H and O–H groups in total. The first kappa shape index (κ1) is 17.1. The average molecular weight is 342 g/mol. The van der Waals surface area contributed by atoms with Crippen LogP contribution in [0, 0.1) is 0 Å². The second-order valence-corrected chi connectivity index (χ2v) is 6.35. The molecule has 0 unspecified atom stereocenters. The first-order chi connectivity index (χ1) is 12.0. The molecule has 132 valence electrons. The lowest BCUT2D eigenvalue weighted by molar-refractivity contribution is 0.00901. The number of benzene rings is 1.